The van der Waals surface area contributed by atoms with E-state index in [1.165, 1.54) is 36.4 Å². The first-order valence-electron chi connectivity index (χ1n) is 23.0. The zero-order valence-corrected chi connectivity index (χ0v) is 38.3. The van der Waals surface area contributed by atoms with Gasteiger partial charge in [-0.1, -0.05) is 169 Å². The fourth-order valence-corrected chi connectivity index (χ4v) is 9.71. The maximum Gasteiger partial charge on any atom is 0.417 e. The van der Waals surface area contributed by atoms with Crippen molar-refractivity contribution in [1.82, 2.24) is 14.5 Å². The molecule has 0 aliphatic rings. The van der Waals surface area contributed by atoms with Crippen molar-refractivity contribution >= 4 is 21.8 Å². The number of halogens is 6. The third-order valence-corrected chi connectivity index (χ3v) is 13.0. The van der Waals surface area contributed by atoms with Crippen LogP contribution < -0.4 is 0 Å². The molecule has 2 heterocycles. The molecule has 0 bridgehead atoms. The van der Waals surface area contributed by atoms with Gasteiger partial charge in [0.1, 0.15) is 0 Å². The molecule has 3 nitrogen and oxygen atoms in total. The Hall–Kier alpha value is -8.56. The molecule has 0 aliphatic heterocycles. The number of aromatic nitrogens is 3. The number of fused-ring (bicyclic) bond motifs is 3. The standard InChI is InChI=1S/C62H41F6N3/c1-38-15-13-21-42(31-38)44-27-29-57-49(33-44)50-34-45(43-22-14-16-39(2)32-43)28-30-58(50)71(57)59-51(47-23-9-11-25-53(47)61(63,64)65)35-46(36-52(59)48-24-10-12-26-54(48)62(66,67)68)56-37-55(40-17-5-3-6-18-40)69-60(70-56)41-19-7-4-8-20-41/h3-37H,1-2H3. The highest BCUT2D eigenvalue weighted by molar-refractivity contribution is 6.13. The van der Waals surface area contributed by atoms with Gasteiger partial charge in [0.05, 0.1) is 39.2 Å². The zero-order chi connectivity index (χ0) is 49.0. The van der Waals surface area contributed by atoms with Gasteiger partial charge in [0.25, 0.3) is 0 Å². The Labute approximate surface area is 406 Å². The molecule has 71 heavy (non-hydrogen) atoms. The van der Waals surface area contributed by atoms with Crippen molar-refractivity contribution in [1.29, 1.82) is 0 Å². The van der Waals surface area contributed by atoms with Gasteiger partial charge in [-0.15, -0.1) is 0 Å². The van der Waals surface area contributed by atoms with Gasteiger partial charge in [-0.25, -0.2) is 9.97 Å². The molecule has 0 N–H and O–H groups in total. The van der Waals surface area contributed by atoms with E-state index in [-0.39, 0.29) is 33.5 Å². The Bertz CT molecular complexity index is 3580. The Kier molecular flexibility index (Phi) is 11.2. The van der Waals surface area contributed by atoms with Gasteiger partial charge in [0.15, 0.2) is 5.82 Å². The normalized spacial score (nSPS) is 11.9. The van der Waals surface area contributed by atoms with Gasteiger partial charge in [-0.05, 0) is 102 Å². The lowest BCUT2D eigenvalue weighted by Crippen LogP contribution is -2.11. The molecule has 9 aromatic carbocycles. The molecule has 2 aromatic heterocycles. The van der Waals surface area contributed by atoms with Crippen molar-refractivity contribution in [3.8, 4) is 84.1 Å². The van der Waals surface area contributed by atoms with Crippen LogP contribution in [0.5, 0.6) is 0 Å². The molecular weight excluding hydrogens is 901 g/mol. The van der Waals surface area contributed by atoms with Crippen LogP contribution in [0.25, 0.3) is 106 Å². The molecule has 0 unspecified atom stereocenters. The maximum atomic E-state index is 15.6. The van der Waals surface area contributed by atoms with Gasteiger partial charge in [0.2, 0.25) is 0 Å². The Morgan fingerprint density at radius 3 is 1.21 bits per heavy atom. The molecule has 11 aromatic rings. The largest absolute Gasteiger partial charge is 0.417 e. The van der Waals surface area contributed by atoms with E-state index >= 15 is 26.3 Å². The Morgan fingerprint density at radius 1 is 0.338 bits per heavy atom. The third kappa shape index (κ3) is 8.54. The molecule has 346 valence electrons. The zero-order valence-electron chi connectivity index (χ0n) is 38.3. The van der Waals surface area contributed by atoms with E-state index in [2.05, 4.69) is 24.3 Å². The van der Waals surface area contributed by atoms with E-state index in [0.29, 0.717) is 33.8 Å². The van der Waals surface area contributed by atoms with Crippen molar-refractivity contribution in [3.63, 3.8) is 0 Å². The fourth-order valence-electron chi connectivity index (χ4n) is 9.71. The number of nitrogens with zero attached hydrogens (tertiary/aromatic N) is 3. The summed E-state index contributed by atoms with van der Waals surface area (Å²) < 4.78 is 95.2. The second-order valence-corrected chi connectivity index (χ2v) is 17.7. The minimum atomic E-state index is -4.85. The second kappa shape index (κ2) is 17.8. The topological polar surface area (TPSA) is 30.7 Å². The van der Waals surface area contributed by atoms with Crippen molar-refractivity contribution in [2.45, 2.75) is 26.2 Å². The number of alkyl halides is 6. The van der Waals surface area contributed by atoms with Crippen LogP contribution >= 0.6 is 0 Å². The second-order valence-electron chi connectivity index (χ2n) is 17.7. The molecule has 0 amide bonds. The van der Waals surface area contributed by atoms with Crippen molar-refractivity contribution in [3.05, 3.63) is 235 Å². The number of hydrogen-bond donors (Lipinski definition) is 0. The summed E-state index contributed by atoms with van der Waals surface area (Å²) in [5, 5.41) is 1.53. The first kappa shape index (κ1) is 44.9. The summed E-state index contributed by atoms with van der Waals surface area (Å²) in [6.45, 7) is 4.03. The van der Waals surface area contributed by atoms with Crippen LogP contribution in [0.2, 0.25) is 0 Å². The van der Waals surface area contributed by atoms with Crippen molar-refractivity contribution in [2.75, 3.05) is 0 Å². The van der Waals surface area contributed by atoms with Crippen LogP contribution in [0.3, 0.4) is 0 Å². The summed E-state index contributed by atoms with van der Waals surface area (Å²) in [6.07, 6.45) is -9.70. The van der Waals surface area contributed by atoms with E-state index in [4.69, 9.17) is 9.97 Å². The molecule has 9 heteroatoms. The molecular formula is C62H41F6N3. The average molecular weight is 942 g/mol. The number of hydrogen-bond acceptors (Lipinski definition) is 2. The van der Waals surface area contributed by atoms with E-state index in [1.54, 1.807) is 18.2 Å². The van der Waals surface area contributed by atoms with Crippen LogP contribution in [-0.4, -0.2) is 14.5 Å². The summed E-state index contributed by atoms with van der Waals surface area (Å²) in [6, 6.07) is 62.1. The van der Waals surface area contributed by atoms with Gasteiger partial charge in [0, 0.05) is 38.6 Å². The molecule has 0 radical (unpaired) electrons. The highest BCUT2D eigenvalue weighted by Crippen LogP contribution is 2.50. The lowest BCUT2D eigenvalue weighted by atomic mass is 9.88. The molecule has 0 atom stereocenters. The van der Waals surface area contributed by atoms with Crippen molar-refractivity contribution < 1.29 is 26.3 Å². The van der Waals surface area contributed by atoms with E-state index in [0.717, 1.165) is 61.8 Å². The smallest absolute Gasteiger partial charge is 0.308 e. The van der Waals surface area contributed by atoms with Gasteiger partial charge in [-0.3, -0.25) is 0 Å². The molecule has 0 fully saturated rings. The van der Waals surface area contributed by atoms with Crippen LogP contribution in [0.15, 0.2) is 212 Å². The molecule has 0 spiro atoms. The predicted octanol–water partition coefficient (Wildman–Crippen LogP) is 17.9. The lowest BCUT2D eigenvalue weighted by Gasteiger charge is -2.24. The molecule has 0 saturated carbocycles. The minimum Gasteiger partial charge on any atom is -0.308 e. The maximum absolute atomic E-state index is 15.6. The highest BCUT2D eigenvalue weighted by atomic mass is 19.4. The van der Waals surface area contributed by atoms with Crippen LogP contribution in [0, 0.1) is 13.8 Å². The number of aryl methyl sites for hydroxylation is 2. The fraction of sp³-hybridized carbons (Fsp3) is 0.0645. The first-order chi connectivity index (χ1) is 34.3. The third-order valence-electron chi connectivity index (χ3n) is 13.0. The van der Waals surface area contributed by atoms with Gasteiger partial charge < -0.3 is 4.57 Å². The molecule has 0 saturated heterocycles. The van der Waals surface area contributed by atoms with Gasteiger partial charge >= 0.3 is 12.4 Å². The SMILES string of the molecule is Cc1cccc(-c2ccc3c(c2)c2cc(-c4cccc(C)c4)ccc2n3-c2c(-c3ccccc3C(F)(F)F)cc(-c3cc(-c4ccccc4)nc(-c4ccccc4)n3)cc2-c2ccccc2C(F)(F)F)c1. The quantitative estimate of drug-likeness (QED) is 0.142. The highest BCUT2D eigenvalue weighted by Gasteiger charge is 2.37. The summed E-state index contributed by atoms with van der Waals surface area (Å²) in [5.41, 5.74) is 7.43. The van der Waals surface area contributed by atoms with Crippen LogP contribution in [0.4, 0.5) is 26.3 Å². The van der Waals surface area contributed by atoms with E-state index in [1.807, 2.05) is 140 Å². The predicted molar refractivity (Wildman–Crippen MR) is 274 cm³/mol. The van der Waals surface area contributed by atoms with Crippen molar-refractivity contribution in [2.24, 2.45) is 0 Å². The number of benzene rings is 9. The van der Waals surface area contributed by atoms with E-state index in [9.17, 15) is 0 Å². The average Bonchev–Trinajstić information content (AvgIpc) is 3.70. The monoisotopic (exact) mass is 941 g/mol. The number of rotatable bonds is 8. The first-order valence-corrected chi connectivity index (χ1v) is 23.0. The lowest BCUT2D eigenvalue weighted by molar-refractivity contribution is -0.137. The van der Waals surface area contributed by atoms with Crippen LogP contribution in [0.1, 0.15) is 22.3 Å². The summed E-state index contributed by atoms with van der Waals surface area (Å²) in [7, 11) is 0. The van der Waals surface area contributed by atoms with E-state index < -0.39 is 23.5 Å². The summed E-state index contributed by atoms with van der Waals surface area (Å²) >= 11 is 0. The Morgan fingerprint density at radius 2 is 0.746 bits per heavy atom. The van der Waals surface area contributed by atoms with Gasteiger partial charge in [-0.2, -0.15) is 26.3 Å². The van der Waals surface area contributed by atoms with Crippen LogP contribution in [-0.2, 0) is 12.4 Å². The minimum absolute atomic E-state index is 0.0489. The Balaban J connectivity index is 1.31. The molecule has 11 rings (SSSR count). The molecule has 0 aliphatic carbocycles. The summed E-state index contributed by atoms with van der Waals surface area (Å²) in [5.74, 6) is 0.330. The summed E-state index contributed by atoms with van der Waals surface area (Å²) in [4.78, 5) is 9.97.